The van der Waals surface area contributed by atoms with E-state index in [0.29, 0.717) is 19.8 Å². The lowest BCUT2D eigenvalue weighted by atomic mass is 10.2. The highest BCUT2D eigenvalue weighted by Gasteiger charge is 1.93. The van der Waals surface area contributed by atoms with Crippen molar-refractivity contribution in [3.8, 4) is 0 Å². The van der Waals surface area contributed by atoms with E-state index in [1.54, 1.807) is 0 Å². The molecule has 0 saturated heterocycles. The Morgan fingerprint density at radius 2 is 0.871 bits per heavy atom. The molecule has 0 heterocycles. The van der Waals surface area contributed by atoms with Crippen LogP contribution < -0.4 is 0 Å². The van der Waals surface area contributed by atoms with E-state index in [4.69, 9.17) is 24.4 Å². The molecule has 0 aromatic heterocycles. The van der Waals surface area contributed by atoms with Crippen molar-refractivity contribution < 1.29 is 24.4 Å². The van der Waals surface area contributed by atoms with Gasteiger partial charge in [0.25, 0.3) is 0 Å². The summed E-state index contributed by atoms with van der Waals surface area (Å²) in [7, 11) is 0. The molecule has 0 spiro atoms. The van der Waals surface area contributed by atoms with Crippen molar-refractivity contribution in [3.05, 3.63) is 71.8 Å². The number of hydrogen-bond acceptors (Lipinski definition) is 5. The maximum absolute atomic E-state index is 8.55. The van der Waals surface area contributed by atoms with Crippen LogP contribution in [0.25, 0.3) is 0 Å². The fraction of sp³-hybridized carbons (Fsp3) is 0.538. The zero-order valence-electron chi connectivity index (χ0n) is 18.1. The van der Waals surface area contributed by atoms with Crippen LogP contribution in [0.2, 0.25) is 0 Å². The molecule has 31 heavy (non-hydrogen) atoms. The van der Waals surface area contributed by atoms with Gasteiger partial charge in [-0.15, -0.1) is 0 Å². The Morgan fingerprint density at radius 1 is 0.484 bits per heavy atom. The lowest BCUT2D eigenvalue weighted by Gasteiger charge is -2.05. The first kappa shape index (κ1) is 29.2. The molecular weight excluding hydrogens is 392 g/mol. The van der Waals surface area contributed by atoms with Crippen LogP contribution in [0.3, 0.4) is 0 Å². The highest BCUT2D eigenvalue weighted by Crippen LogP contribution is 2.02. The van der Waals surface area contributed by atoms with Crippen LogP contribution >= 0.6 is 0 Å². The van der Waals surface area contributed by atoms with Gasteiger partial charge in [-0.3, -0.25) is 0 Å². The van der Waals surface area contributed by atoms with Crippen molar-refractivity contribution in [2.24, 2.45) is 0 Å². The smallest absolute Gasteiger partial charge is 0.0716 e. The van der Waals surface area contributed by atoms with Crippen LogP contribution in [0.5, 0.6) is 0 Å². The first-order valence-electron chi connectivity index (χ1n) is 10.9. The quantitative estimate of drug-likeness (QED) is 0.364. The molecule has 0 atom stereocenters. The monoisotopic (exact) mass is 434 g/mol. The molecule has 2 N–H and O–H groups in total. The molecule has 0 aliphatic carbocycles. The van der Waals surface area contributed by atoms with Crippen molar-refractivity contribution in [2.45, 2.75) is 52.7 Å². The van der Waals surface area contributed by atoms with Crippen molar-refractivity contribution in [3.63, 3.8) is 0 Å². The normalized spacial score (nSPS) is 10.1. The Balaban J connectivity index is 0.000000581. The molecule has 0 amide bonds. The summed E-state index contributed by atoms with van der Waals surface area (Å²) in [6.45, 7) is 4.75. The van der Waals surface area contributed by atoms with Gasteiger partial charge in [-0.25, -0.2) is 0 Å². The standard InChI is InChI=1S/C14H22O3.C11H16O2.CH4/c15-9-6-12-16-10-4-5-11-17-13-14-7-2-1-3-8-14;12-8-4-5-9-13-10-11-6-2-1-3-7-11;/h1-3,7-8,15H,4-6,9-13H2;1-3,6-7,12H,4-5,8-10H2;1H4. The van der Waals surface area contributed by atoms with Gasteiger partial charge in [0.15, 0.2) is 0 Å². The summed E-state index contributed by atoms with van der Waals surface area (Å²) < 4.78 is 16.3. The molecule has 5 heteroatoms. The topological polar surface area (TPSA) is 68.2 Å². The van der Waals surface area contributed by atoms with Crippen molar-refractivity contribution in [2.75, 3.05) is 39.6 Å². The highest BCUT2D eigenvalue weighted by molar-refractivity contribution is 5.14. The molecule has 0 radical (unpaired) electrons. The fourth-order valence-electron chi connectivity index (χ4n) is 2.52. The first-order valence-corrected chi connectivity index (χ1v) is 10.9. The maximum atomic E-state index is 8.55. The van der Waals surface area contributed by atoms with Gasteiger partial charge in [-0.05, 0) is 43.2 Å². The van der Waals surface area contributed by atoms with Gasteiger partial charge in [0, 0.05) is 39.6 Å². The number of rotatable bonds is 16. The third-order valence-electron chi connectivity index (χ3n) is 4.19. The lowest BCUT2D eigenvalue weighted by molar-refractivity contribution is 0.0894. The predicted octanol–water partition coefficient (Wildman–Crippen LogP) is 4.99. The van der Waals surface area contributed by atoms with Gasteiger partial charge < -0.3 is 24.4 Å². The number of unbranched alkanes of at least 4 members (excludes halogenated alkanes) is 2. The zero-order chi connectivity index (χ0) is 21.5. The Hall–Kier alpha value is -1.76. The van der Waals surface area contributed by atoms with E-state index in [1.165, 1.54) is 11.1 Å². The van der Waals surface area contributed by atoms with Gasteiger partial charge in [0.05, 0.1) is 13.2 Å². The molecule has 0 aliphatic rings. The number of benzene rings is 2. The van der Waals surface area contributed by atoms with Crippen molar-refractivity contribution >= 4 is 0 Å². The second kappa shape index (κ2) is 22.9. The van der Waals surface area contributed by atoms with E-state index >= 15 is 0 Å². The lowest BCUT2D eigenvalue weighted by Crippen LogP contribution is -2.01. The average molecular weight is 435 g/mol. The number of aliphatic hydroxyl groups excluding tert-OH is 2. The van der Waals surface area contributed by atoms with Crippen LogP contribution in [-0.4, -0.2) is 49.9 Å². The summed E-state index contributed by atoms with van der Waals surface area (Å²) in [5.74, 6) is 0. The number of aliphatic hydroxyl groups is 2. The van der Waals surface area contributed by atoms with Gasteiger partial charge in [-0.1, -0.05) is 68.1 Å². The molecule has 0 saturated carbocycles. The molecule has 5 nitrogen and oxygen atoms in total. The van der Waals surface area contributed by atoms with E-state index in [0.717, 1.165) is 51.9 Å². The molecule has 176 valence electrons. The predicted molar refractivity (Wildman–Crippen MR) is 127 cm³/mol. The summed E-state index contributed by atoms with van der Waals surface area (Å²) in [5.41, 5.74) is 2.41. The van der Waals surface area contributed by atoms with Crippen LogP contribution in [-0.2, 0) is 27.4 Å². The van der Waals surface area contributed by atoms with E-state index < -0.39 is 0 Å². The minimum absolute atomic E-state index is 0. The van der Waals surface area contributed by atoms with E-state index in [-0.39, 0.29) is 20.6 Å². The summed E-state index contributed by atoms with van der Waals surface area (Å²) >= 11 is 0. The van der Waals surface area contributed by atoms with Gasteiger partial charge >= 0.3 is 0 Å². The minimum Gasteiger partial charge on any atom is -0.396 e. The van der Waals surface area contributed by atoms with Crippen LogP contribution in [0.15, 0.2) is 60.7 Å². The number of ether oxygens (including phenoxy) is 3. The fourth-order valence-corrected chi connectivity index (χ4v) is 2.52. The number of hydrogen-bond donors (Lipinski definition) is 2. The maximum Gasteiger partial charge on any atom is 0.0716 e. The van der Waals surface area contributed by atoms with E-state index in [2.05, 4.69) is 12.1 Å². The van der Waals surface area contributed by atoms with Crippen molar-refractivity contribution in [1.29, 1.82) is 0 Å². The van der Waals surface area contributed by atoms with Gasteiger partial charge in [0.1, 0.15) is 0 Å². The third kappa shape index (κ3) is 18.7. The molecule has 0 fully saturated rings. The Morgan fingerprint density at radius 3 is 1.32 bits per heavy atom. The van der Waals surface area contributed by atoms with Crippen LogP contribution in [0.1, 0.15) is 50.7 Å². The highest BCUT2D eigenvalue weighted by atomic mass is 16.5. The van der Waals surface area contributed by atoms with Crippen LogP contribution in [0, 0.1) is 0 Å². The Bertz CT molecular complexity index is 577. The summed E-state index contributed by atoms with van der Waals surface area (Å²) in [5, 5.41) is 17.1. The zero-order valence-corrected chi connectivity index (χ0v) is 18.1. The minimum atomic E-state index is 0. The molecule has 0 aliphatic heterocycles. The molecule has 2 aromatic rings. The molecular formula is C26H42O5. The first-order chi connectivity index (χ1) is 14.9. The second-order valence-corrected chi connectivity index (χ2v) is 6.90. The van der Waals surface area contributed by atoms with E-state index in [9.17, 15) is 0 Å². The van der Waals surface area contributed by atoms with Gasteiger partial charge in [-0.2, -0.15) is 0 Å². The molecule has 2 aromatic carbocycles. The summed E-state index contributed by atoms with van der Waals surface area (Å²) in [6.07, 6.45) is 4.52. The molecule has 2 rings (SSSR count). The summed E-state index contributed by atoms with van der Waals surface area (Å²) in [4.78, 5) is 0. The Labute approximate surface area is 189 Å². The summed E-state index contributed by atoms with van der Waals surface area (Å²) in [6, 6.07) is 20.3. The third-order valence-corrected chi connectivity index (χ3v) is 4.19. The average Bonchev–Trinajstić information content (AvgIpc) is 2.80. The molecule has 0 bridgehead atoms. The Kier molecular flexibility index (Phi) is 21.6. The second-order valence-electron chi connectivity index (χ2n) is 6.90. The van der Waals surface area contributed by atoms with Gasteiger partial charge in [0.2, 0.25) is 0 Å². The largest absolute Gasteiger partial charge is 0.396 e. The van der Waals surface area contributed by atoms with Crippen molar-refractivity contribution in [1.82, 2.24) is 0 Å². The van der Waals surface area contributed by atoms with Crippen LogP contribution in [0.4, 0.5) is 0 Å². The SMILES string of the molecule is C.OCCCCOCc1ccccc1.OCCCOCCCCOCc1ccccc1. The molecule has 0 unspecified atom stereocenters. The van der Waals surface area contributed by atoms with E-state index in [1.807, 2.05) is 48.5 Å².